The Balaban J connectivity index is 1.94. The molecule has 0 fully saturated rings. The van der Waals surface area contributed by atoms with Crippen molar-refractivity contribution < 1.29 is 28.6 Å². The number of nitrogens with one attached hydrogen (secondary N) is 1. The fourth-order valence-electron chi connectivity index (χ4n) is 1.79. The zero-order valence-corrected chi connectivity index (χ0v) is 12.2. The van der Waals surface area contributed by atoms with Crippen molar-refractivity contribution in [1.29, 1.82) is 0 Å². The molecule has 120 valence electrons. The van der Waals surface area contributed by atoms with Crippen LogP contribution in [0.1, 0.15) is 10.4 Å². The van der Waals surface area contributed by atoms with Crippen LogP contribution in [0.2, 0.25) is 0 Å². The lowest BCUT2D eigenvalue weighted by Gasteiger charge is -2.09. The van der Waals surface area contributed by atoms with Gasteiger partial charge in [-0.05, 0) is 36.4 Å². The van der Waals surface area contributed by atoms with Crippen LogP contribution in [0.5, 0.6) is 11.5 Å². The highest BCUT2D eigenvalue weighted by Crippen LogP contribution is 2.29. The smallest absolute Gasteiger partial charge is 0.342 e. The summed E-state index contributed by atoms with van der Waals surface area (Å²) in [5.74, 6) is -2.12. The molecule has 0 saturated carbocycles. The predicted octanol–water partition coefficient (Wildman–Crippen LogP) is 2.34. The van der Waals surface area contributed by atoms with Crippen LogP contribution in [0.25, 0.3) is 0 Å². The van der Waals surface area contributed by atoms with Crippen molar-refractivity contribution >= 4 is 17.6 Å². The third-order valence-electron chi connectivity index (χ3n) is 2.90. The quantitative estimate of drug-likeness (QED) is 0.826. The number of carbonyl (C=O) groups is 2. The highest BCUT2D eigenvalue weighted by molar-refractivity contribution is 5.97. The van der Waals surface area contributed by atoms with Gasteiger partial charge in [-0.2, -0.15) is 0 Å². The maximum atomic E-state index is 12.7. The zero-order chi connectivity index (χ0) is 16.8. The molecule has 0 spiro atoms. The molecule has 2 rings (SSSR count). The Kier molecular flexibility index (Phi) is 5.14. The van der Waals surface area contributed by atoms with Gasteiger partial charge in [0.25, 0.3) is 5.91 Å². The number of hydrogen-bond donors (Lipinski definition) is 2. The molecule has 2 N–H and O–H groups in total. The van der Waals surface area contributed by atoms with Gasteiger partial charge in [-0.25, -0.2) is 9.18 Å². The number of esters is 1. The molecule has 0 atom stereocenters. The van der Waals surface area contributed by atoms with Crippen LogP contribution in [-0.2, 0) is 9.53 Å². The number of phenolic OH excluding ortho intramolecular Hbond substituents is 1. The van der Waals surface area contributed by atoms with E-state index in [1.165, 1.54) is 49.6 Å². The largest absolute Gasteiger partial charge is 0.504 e. The van der Waals surface area contributed by atoms with Crippen molar-refractivity contribution in [2.75, 3.05) is 19.0 Å². The molecule has 0 heterocycles. The summed E-state index contributed by atoms with van der Waals surface area (Å²) in [7, 11) is 1.35. The molecule has 2 aromatic rings. The van der Waals surface area contributed by atoms with Crippen LogP contribution >= 0.6 is 0 Å². The number of ether oxygens (including phenoxy) is 2. The number of para-hydroxylation sites is 1. The summed E-state index contributed by atoms with van der Waals surface area (Å²) in [6.45, 7) is -0.549. The second kappa shape index (κ2) is 7.26. The maximum absolute atomic E-state index is 12.7. The van der Waals surface area contributed by atoms with E-state index in [1.807, 2.05) is 0 Å². The van der Waals surface area contributed by atoms with Crippen molar-refractivity contribution in [1.82, 2.24) is 0 Å². The molecular formula is C16H14FNO5. The Bertz CT molecular complexity index is 715. The Morgan fingerprint density at radius 1 is 1.17 bits per heavy atom. The molecule has 0 aliphatic carbocycles. The molecule has 0 saturated heterocycles. The van der Waals surface area contributed by atoms with Gasteiger partial charge in [0.2, 0.25) is 0 Å². The predicted molar refractivity (Wildman–Crippen MR) is 80.0 cm³/mol. The van der Waals surface area contributed by atoms with Crippen molar-refractivity contribution in [3.05, 3.63) is 53.8 Å². The summed E-state index contributed by atoms with van der Waals surface area (Å²) < 4.78 is 22.5. The summed E-state index contributed by atoms with van der Waals surface area (Å²) in [6.07, 6.45) is 0. The number of phenols is 1. The lowest BCUT2D eigenvalue weighted by atomic mass is 10.2. The number of halogens is 1. The third-order valence-corrected chi connectivity index (χ3v) is 2.90. The van der Waals surface area contributed by atoms with Crippen molar-refractivity contribution in [2.45, 2.75) is 0 Å². The van der Waals surface area contributed by atoms with Crippen molar-refractivity contribution in [2.24, 2.45) is 0 Å². The number of methoxy groups -OCH3 is 1. The van der Waals surface area contributed by atoms with Gasteiger partial charge in [-0.1, -0.05) is 6.07 Å². The summed E-state index contributed by atoms with van der Waals surface area (Å²) in [5.41, 5.74) is 0.260. The number of rotatable bonds is 5. The number of anilines is 1. The zero-order valence-electron chi connectivity index (χ0n) is 12.2. The van der Waals surface area contributed by atoms with Gasteiger partial charge in [0.1, 0.15) is 11.4 Å². The van der Waals surface area contributed by atoms with Crippen molar-refractivity contribution in [3.63, 3.8) is 0 Å². The Labute approximate surface area is 131 Å². The van der Waals surface area contributed by atoms with Crippen LogP contribution in [0.3, 0.4) is 0 Å². The van der Waals surface area contributed by atoms with Gasteiger partial charge in [0.05, 0.1) is 7.11 Å². The van der Waals surface area contributed by atoms with E-state index in [-0.39, 0.29) is 17.1 Å². The first-order valence-corrected chi connectivity index (χ1v) is 6.59. The molecule has 0 aliphatic heterocycles. The first kappa shape index (κ1) is 16.3. The van der Waals surface area contributed by atoms with Gasteiger partial charge < -0.3 is 19.9 Å². The van der Waals surface area contributed by atoms with Gasteiger partial charge in [-0.15, -0.1) is 0 Å². The summed E-state index contributed by atoms with van der Waals surface area (Å²) in [4.78, 5) is 23.5. The van der Waals surface area contributed by atoms with Crippen LogP contribution in [0.4, 0.5) is 10.1 Å². The highest BCUT2D eigenvalue weighted by atomic mass is 19.1. The minimum atomic E-state index is -0.865. The molecule has 23 heavy (non-hydrogen) atoms. The summed E-state index contributed by atoms with van der Waals surface area (Å²) in [5, 5.41) is 12.3. The Morgan fingerprint density at radius 2 is 1.87 bits per heavy atom. The minimum Gasteiger partial charge on any atom is -0.504 e. The highest BCUT2D eigenvalue weighted by Gasteiger charge is 2.17. The first-order chi connectivity index (χ1) is 11.0. The number of aromatic hydroxyl groups is 1. The van der Waals surface area contributed by atoms with Crippen LogP contribution in [0, 0.1) is 5.82 Å². The molecule has 0 aliphatic rings. The van der Waals surface area contributed by atoms with Crippen LogP contribution in [0.15, 0.2) is 42.5 Å². The molecule has 1 amide bonds. The maximum Gasteiger partial charge on any atom is 0.342 e. The third kappa shape index (κ3) is 4.19. The monoisotopic (exact) mass is 319 g/mol. The number of carbonyl (C=O) groups excluding carboxylic acids is 2. The van der Waals surface area contributed by atoms with E-state index in [1.54, 1.807) is 0 Å². The van der Waals surface area contributed by atoms with E-state index in [4.69, 9.17) is 9.47 Å². The Morgan fingerprint density at radius 3 is 2.52 bits per heavy atom. The summed E-state index contributed by atoms with van der Waals surface area (Å²) in [6, 6.07) is 9.47. The topological polar surface area (TPSA) is 84.9 Å². The second-order valence-electron chi connectivity index (χ2n) is 4.49. The number of hydrogen-bond acceptors (Lipinski definition) is 5. The van der Waals surface area contributed by atoms with E-state index in [0.29, 0.717) is 5.69 Å². The van der Waals surface area contributed by atoms with E-state index < -0.39 is 24.3 Å². The normalized spacial score (nSPS) is 10.0. The van der Waals surface area contributed by atoms with Gasteiger partial charge in [0, 0.05) is 5.69 Å². The first-order valence-electron chi connectivity index (χ1n) is 6.59. The average Bonchev–Trinajstić information content (AvgIpc) is 2.55. The number of benzene rings is 2. The van der Waals surface area contributed by atoms with E-state index in [0.717, 1.165) is 0 Å². The minimum absolute atomic E-state index is 0.112. The van der Waals surface area contributed by atoms with E-state index in [2.05, 4.69) is 5.32 Å². The number of amides is 1. The van der Waals surface area contributed by atoms with Gasteiger partial charge >= 0.3 is 5.97 Å². The second-order valence-corrected chi connectivity index (χ2v) is 4.49. The molecule has 0 bridgehead atoms. The lowest BCUT2D eigenvalue weighted by Crippen LogP contribution is -2.21. The Hall–Kier alpha value is -3.09. The lowest BCUT2D eigenvalue weighted by molar-refractivity contribution is -0.119. The molecule has 0 radical (unpaired) electrons. The molecular weight excluding hydrogens is 305 g/mol. The van der Waals surface area contributed by atoms with Crippen molar-refractivity contribution in [3.8, 4) is 11.5 Å². The fourth-order valence-corrected chi connectivity index (χ4v) is 1.79. The van der Waals surface area contributed by atoms with E-state index >= 15 is 0 Å². The summed E-state index contributed by atoms with van der Waals surface area (Å²) >= 11 is 0. The molecule has 0 aromatic heterocycles. The SMILES string of the molecule is COc1cccc(C(=O)OCC(=O)Nc2ccc(F)cc2)c1O. The molecule has 6 nitrogen and oxygen atoms in total. The van der Waals surface area contributed by atoms with E-state index in [9.17, 15) is 19.1 Å². The van der Waals surface area contributed by atoms with Crippen LogP contribution in [-0.4, -0.2) is 30.7 Å². The fraction of sp³-hybridized carbons (Fsp3) is 0.125. The molecule has 7 heteroatoms. The van der Waals surface area contributed by atoms with Gasteiger partial charge in [0.15, 0.2) is 18.1 Å². The average molecular weight is 319 g/mol. The van der Waals surface area contributed by atoms with Crippen LogP contribution < -0.4 is 10.1 Å². The molecule has 0 unspecified atom stereocenters. The van der Waals surface area contributed by atoms with Gasteiger partial charge in [-0.3, -0.25) is 4.79 Å². The molecule has 2 aromatic carbocycles. The standard InChI is InChI=1S/C16H14FNO5/c1-22-13-4-2-3-12(15(13)20)16(21)23-9-14(19)18-11-7-5-10(17)6-8-11/h2-8,20H,9H2,1H3,(H,18,19).